The van der Waals surface area contributed by atoms with Crippen molar-refractivity contribution in [3.05, 3.63) is 64.2 Å². The quantitative estimate of drug-likeness (QED) is 0.788. The first-order valence-electron chi connectivity index (χ1n) is 7.72. The molecule has 2 aromatic carbocycles. The van der Waals surface area contributed by atoms with Gasteiger partial charge in [-0.1, -0.05) is 41.9 Å². The molecule has 2 aromatic rings. The van der Waals surface area contributed by atoms with Gasteiger partial charge < -0.3 is 10.1 Å². The Morgan fingerprint density at radius 1 is 1.00 bits per heavy atom. The summed E-state index contributed by atoms with van der Waals surface area (Å²) in [6.45, 7) is 4.04. The molecule has 0 spiro atoms. The molecule has 0 aliphatic heterocycles. The molecular formula is C19H20ClNO3. The van der Waals surface area contributed by atoms with E-state index < -0.39 is 5.97 Å². The summed E-state index contributed by atoms with van der Waals surface area (Å²) >= 11 is 5.80. The van der Waals surface area contributed by atoms with Crippen LogP contribution < -0.4 is 5.32 Å². The zero-order chi connectivity index (χ0) is 17.5. The van der Waals surface area contributed by atoms with E-state index in [2.05, 4.69) is 5.32 Å². The minimum absolute atomic E-state index is 0.0460. The summed E-state index contributed by atoms with van der Waals surface area (Å²) in [6.07, 6.45) is 0.136. The highest BCUT2D eigenvalue weighted by molar-refractivity contribution is 6.30. The van der Waals surface area contributed by atoms with Gasteiger partial charge in [0.2, 0.25) is 5.91 Å². The van der Waals surface area contributed by atoms with Crippen molar-refractivity contribution in [2.45, 2.75) is 33.3 Å². The van der Waals surface area contributed by atoms with Crippen molar-refractivity contribution in [2.24, 2.45) is 0 Å². The largest absolute Gasteiger partial charge is 0.461 e. The van der Waals surface area contributed by atoms with Crippen molar-refractivity contribution in [2.75, 3.05) is 5.32 Å². The van der Waals surface area contributed by atoms with Crippen LogP contribution in [0, 0.1) is 13.8 Å². The number of hydrogen-bond donors (Lipinski definition) is 1. The van der Waals surface area contributed by atoms with Gasteiger partial charge >= 0.3 is 5.97 Å². The van der Waals surface area contributed by atoms with Gasteiger partial charge in [0.15, 0.2) is 0 Å². The van der Waals surface area contributed by atoms with Crippen LogP contribution in [0.5, 0.6) is 0 Å². The highest BCUT2D eigenvalue weighted by atomic mass is 35.5. The van der Waals surface area contributed by atoms with Gasteiger partial charge in [0, 0.05) is 17.1 Å². The van der Waals surface area contributed by atoms with Crippen molar-refractivity contribution in [1.29, 1.82) is 0 Å². The number of rotatable bonds is 6. The van der Waals surface area contributed by atoms with Crippen molar-refractivity contribution >= 4 is 29.2 Å². The van der Waals surface area contributed by atoms with Gasteiger partial charge in [-0.05, 0) is 42.7 Å². The molecule has 0 unspecified atom stereocenters. The first-order valence-corrected chi connectivity index (χ1v) is 8.09. The molecule has 0 aliphatic rings. The Kier molecular flexibility index (Phi) is 6.38. The van der Waals surface area contributed by atoms with E-state index in [9.17, 15) is 9.59 Å². The van der Waals surface area contributed by atoms with Crippen molar-refractivity contribution in [3.8, 4) is 0 Å². The molecule has 0 saturated heterocycles. The molecule has 5 heteroatoms. The molecule has 0 bridgehead atoms. The van der Waals surface area contributed by atoms with Crippen LogP contribution in [0.1, 0.15) is 29.5 Å². The van der Waals surface area contributed by atoms with E-state index >= 15 is 0 Å². The number of carbonyl (C=O) groups is 2. The monoisotopic (exact) mass is 345 g/mol. The maximum absolute atomic E-state index is 12.0. The highest BCUT2D eigenvalue weighted by Crippen LogP contribution is 2.19. The van der Waals surface area contributed by atoms with E-state index in [4.69, 9.17) is 16.3 Å². The lowest BCUT2D eigenvalue weighted by Crippen LogP contribution is -2.16. The molecule has 0 atom stereocenters. The van der Waals surface area contributed by atoms with Gasteiger partial charge in [-0.25, -0.2) is 0 Å². The summed E-state index contributed by atoms with van der Waals surface area (Å²) in [7, 11) is 0. The first-order chi connectivity index (χ1) is 11.5. The second kappa shape index (κ2) is 8.50. The van der Waals surface area contributed by atoms with Gasteiger partial charge in [-0.15, -0.1) is 0 Å². The lowest BCUT2D eigenvalue weighted by molar-refractivity contribution is -0.145. The molecule has 0 saturated carbocycles. The summed E-state index contributed by atoms with van der Waals surface area (Å²) in [5, 5.41) is 3.49. The predicted octanol–water partition coefficient (Wildman–Crippen LogP) is 4.42. The van der Waals surface area contributed by atoms with Crippen LogP contribution >= 0.6 is 11.6 Å². The second-order valence-electron chi connectivity index (χ2n) is 5.60. The molecule has 0 fully saturated rings. The Morgan fingerprint density at radius 2 is 1.62 bits per heavy atom. The van der Waals surface area contributed by atoms with E-state index in [0.717, 1.165) is 22.4 Å². The molecule has 0 aliphatic carbocycles. The fraction of sp³-hybridized carbons (Fsp3) is 0.263. The maximum Gasteiger partial charge on any atom is 0.306 e. The van der Waals surface area contributed by atoms with Crippen LogP contribution in [-0.2, 0) is 20.9 Å². The van der Waals surface area contributed by atoms with Gasteiger partial charge in [-0.3, -0.25) is 9.59 Å². The third-order valence-electron chi connectivity index (χ3n) is 3.61. The summed E-state index contributed by atoms with van der Waals surface area (Å²) in [5.41, 5.74) is 3.65. The number of hydrogen-bond acceptors (Lipinski definition) is 3. The Hall–Kier alpha value is -2.33. The third-order valence-corrected chi connectivity index (χ3v) is 3.87. The zero-order valence-electron chi connectivity index (χ0n) is 13.8. The number of carbonyl (C=O) groups excluding carboxylic acids is 2. The van der Waals surface area contributed by atoms with Gasteiger partial charge in [0.05, 0.1) is 6.42 Å². The topological polar surface area (TPSA) is 55.4 Å². The minimum atomic E-state index is -0.401. The Morgan fingerprint density at radius 3 is 2.25 bits per heavy atom. The number of ether oxygens (including phenoxy) is 1. The number of anilines is 1. The number of nitrogens with one attached hydrogen (secondary N) is 1. The van der Waals surface area contributed by atoms with Crippen LogP contribution in [0.15, 0.2) is 42.5 Å². The highest BCUT2D eigenvalue weighted by Gasteiger charge is 2.11. The van der Waals surface area contributed by atoms with Gasteiger partial charge in [-0.2, -0.15) is 0 Å². The van der Waals surface area contributed by atoms with Crippen molar-refractivity contribution in [3.63, 3.8) is 0 Å². The van der Waals surface area contributed by atoms with Crippen LogP contribution in [0.4, 0.5) is 5.69 Å². The maximum atomic E-state index is 12.0. The smallest absolute Gasteiger partial charge is 0.306 e. The Balaban J connectivity index is 1.77. The van der Waals surface area contributed by atoms with E-state index in [1.165, 1.54) is 0 Å². The second-order valence-corrected chi connectivity index (χ2v) is 6.04. The molecule has 0 radical (unpaired) electrons. The van der Waals surface area contributed by atoms with Crippen molar-refractivity contribution in [1.82, 2.24) is 0 Å². The number of benzene rings is 2. The molecule has 24 heavy (non-hydrogen) atoms. The van der Waals surface area contributed by atoms with E-state index in [0.29, 0.717) is 5.02 Å². The number of esters is 1. The molecule has 2 rings (SSSR count). The van der Waals surface area contributed by atoms with E-state index in [-0.39, 0.29) is 25.4 Å². The van der Waals surface area contributed by atoms with Crippen LogP contribution in [0.25, 0.3) is 0 Å². The van der Waals surface area contributed by atoms with Crippen LogP contribution in [0.3, 0.4) is 0 Å². The van der Waals surface area contributed by atoms with Gasteiger partial charge in [0.25, 0.3) is 0 Å². The fourth-order valence-corrected chi connectivity index (χ4v) is 2.37. The number of amides is 1. The Bertz CT molecular complexity index is 706. The number of aryl methyl sites for hydroxylation is 2. The van der Waals surface area contributed by atoms with Crippen LogP contribution in [0.2, 0.25) is 5.02 Å². The number of para-hydroxylation sites is 1. The summed E-state index contributed by atoms with van der Waals surface area (Å²) in [6, 6.07) is 12.9. The molecule has 0 aromatic heterocycles. The fourth-order valence-electron chi connectivity index (χ4n) is 2.25. The molecule has 1 amide bonds. The average molecular weight is 346 g/mol. The summed E-state index contributed by atoms with van der Waals surface area (Å²) < 4.78 is 5.15. The molecule has 1 N–H and O–H groups in total. The average Bonchev–Trinajstić information content (AvgIpc) is 2.56. The van der Waals surface area contributed by atoms with E-state index in [1.54, 1.807) is 24.3 Å². The normalized spacial score (nSPS) is 10.3. The standard InChI is InChI=1S/C19H20ClNO3/c1-13-4-3-5-14(2)19(13)21-17(22)10-11-18(23)24-12-15-6-8-16(20)9-7-15/h3-9H,10-12H2,1-2H3,(H,21,22). The van der Waals surface area contributed by atoms with Gasteiger partial charge in [0.1, 0.15) is 6.61 Å². The Labute approximate surface area is 146 Å². The SMILES string of the molecule is Cc1cccc(C)c1NC(=O)CCC(=O)OCc1ccc(Cl)cc1. The lowest BCUT2D eigenvalue weighted by Gasteiger charge is -2.11. The molecule has 0 heterocycles. The summed E-state index contributed by atoms with van der Waals surface area (Å²) in [4.78, 5) is 23.7. The molecule has 4 nitrogen and oxygen atoms in total. The van der Waals surface area contributed by atoms with Crippen molar-refractivity contribution < 1.29 is 14.3 Å². The predicted molar refractivity (Wildman–Crippen MR) is 95.0 cm³/mol. The zero-order valence-corrected chi connectivity index (χ0v) is 14.5. The van der Waals surface area contributed by atoms with Crippen LogP contribution in [-0.4, -0.2) is 11.9 Å². The van der Waals surface area contributed by atoms with E-state index in [1.807, 2.05) is 32.0 Å². The minimum Gasteiger partial charge on any atom is -0.461 e. The summed E-state index contributed by atoms with van der Waals surface area (Å²) in [5.74, 6) is -0.600. The lowest BCUT2D eigenvalue weighted by atomic mass is 10.1. The third kappa shape index (κ3) is 5.39. The molecule has 126 valence electrons. The number of halogens is 1. The molecular weight excluding hydrogens is 326 g/mol. The first kappa shape index (κ1) is 18.0.